The largest absolute Gasteiger partial charge is 0.352 e. The molecule has 0 aromatic heterocycles. The van der Waals surface area contributed by atoms with Gasteiger partial charge in [0.1, 0.15) is 6.04 Å². The maximum atomic E-state index is 12.4. The highest BCUT2D eigenvalue weighted by molar-refractivity contribution is 7.87. The van der Waals surface area contributed by atoms with Crippen molar-refractivity contribution in [2.24, 2.45) is 0 Å². The molecule has 1 atom stereocenters. The number of benzene rings is 1. The molecule has 0 radical (unpaired) electrons. The Morgan fingerprint density at radius 2 is 1.83 bits per heavy atom. The Bertz CT molecular complexity index is 611. The molecule has 1 fully saturated rings. The van der Waals surface area contributed by atoms with E-state index in [2.05, 4.69) is 10.0 Å². The van der Waals surface area contributed by atoms with Crippen molar-refractivity contribution < 1.29 is 13.2 Å². The monoisotopic (exact) mass is 339 g/mol. The van der Waals surface area contributed by atoms with Crippen LogP contribution in [0.2, 0.25) is 0 Å². The van der Waals surface area contributed by atoms with E-state index in [1.165, 1.54) is 4.31 Å². The molecular formula is C16H25N3O3S. The number of carbonyl (C=O) groups excluding carboxylic acids is 1. The second-order valence-corrected chi connectivity index (χ2v) is 7.43. The molecule has 0 heterocycles. The summed E-state index contributed by atoms with van der Waals surface area (Å²) in [6.45, 7) is 4.29. The molecule has 1 amide bonds. The normalized spacial score (nSPS) is 16.3. The van der Waals surface area contributed by atoms with Crippen LogP contribution < -0.4 is 10.0 Å². The fourth-order valence-corrected chi connectivity index (χ4v) is 3.76. The fraction of sp³-hybridized carbons (Fsp3) is 0.562. The summed E-state index contributed by atoms with van der Waals surface area (Å²) >= 11 is 0. The number of nitrogens with one attached hydrogen (secondary N) is 2. The Balaban J connectivity index is 2.13. The van der Waals surface area contributed by atoms with E-state index in [-0.39, 0.29) is 11.9 Å². The van der Waals surface area contributed by atoms with Crippen molar-refractivity contribution in [1.82, 2.24) is 14.3 Å². The number of hydrogen-bond acceptors (Lipinski definition) is 3. The lowest BCUT2D eigenvalue weighted by atomic mass is 10.1. The summed E-state index contributed by atoms with van der Waals surface area (Å²) in [4.78, 5) is 12.4. The minimum Gasteiger partial charge on any atom is -0.352 e. The summed E-state index contributed by atoms with van der Waals surface area (Å²) < 4.78 is 28.7. The first-order valence-corrected chi connectivity index (χ1v) is 9.52. The molecule has 6 nitrogen and oxygen atoms in total. The summed E-state index contributed by atoms with van der Waals surface area (Å²) in [6, 6.07) is 8.82. The van der Waals surface area contributed by atoms with Crippen molar-refractivity contribution in [3.8, 4) is 0 Å². The highest BCUT2D eigenvalue weighted by Crippen LogP contribution is 2.19. The van der Waals surface area contributed by atoms with Crippen molar-refractivity contribution in [1.29, 1.82) is 0 Å². The number of nitrogens with zero attached hydrogens (tertiary/aromatic N) is 1. The van der Waals surface area contributed by atoms with Crippen LogP contribution in [0, 0.1) is 0 Å². The van der Waals surface area contributed by atoms with E-state index in [4.69, 9.17) is 0 Å². The van der Waals surface area contributed by atoms with Crippen LogP contribution in [0.1, 0.15) is 32.3 Å². The van der Waals surface area contributed by atoms with E-state index in [1.54, 1.807) is 13.8 Å². The zero-order valence-corrected chi connectivity index (χ0v) is 14.5. The minimum atomic E-state index is -3.68. The second-order valence-electron chi connectivity index (χ2n) is 5.73. The Hall–Kier alpha value is -1.44. The molecule has 1 aliphatic rings. The lowest BCUT2D eigenvalue weighted by molar-refractivity contribution is -0.122. The van der Waals surface area contributed by atoms with Crippen molar-refractivity contribution in [3.05, 3.63) is 35.9 Å². The standard InChI is InChI=1S/C16H25N3O3S/c1-3-19(4-2)23(21,22)18-15(16(20)17-14-10-11-14)12-13-8-6-5-7-9-13/h5-9,14-15,18H,3-4,10-12H2,1-2H3,(H,17,20)/t15-/m1/s1. The van der Waals surface area contributed by atoms with Gasteiger partial charge in [-0.2, -0.15) is 17.4 Å². The number of hydrogen-bond donors (Lipinski definition) is 2. The number of carbonyl (C=O) groups is 1. The van der Waals surface area contributed by atoms with E-state index in [1.807, 2.05) is 30.3 Å². The first kappa shape index (κ1) is 17.9. The lowest BCUT2D eigenvalue weighted by Crippen LogP contribution is -2.52. The molecule has 0 unspecified atom stereocenters. The van der Waals surface area contributed by atoms with Gasteiger partial charge in [-0.25, -0.2) is 0 Å². The number of rotatable bonds is 9. The van der Waals surface area contributed by atoms with Crippen LogP contribution in [-0.4, -0.2) is 43.8 Å². The van der Waals surface area contributed by atoms with Crippen molar-refractivity contribution in [3.63, 3.8) is 0 Å². The van der Waals surface area contributed by atoms with E-state index >= 15 is 0 Å². The molecule has 0 spiro atoms. The Kier molecular flexibility index (Phi) is 6.15. The highest BCUT2D eigenvalue weighted by atomic mass is 32.2. The van der Waals surface area contributed by atoms with Gasteiger partial charge in [-0.3, -0.25) is 4.79 Å². The van der Waals surface area contributed by atoms with Crippen LogP contribution in [0.4, 0.5) is 0 Å². The van der Waals surface area contributed by atoms with Gasteiger partial charge in [0.2, 0.25) is 5.91 Å². The third-order valence-electron chi connectivity index (χ3n) is 3.86. The molecular weight excluding hydrogens is 314 g/mol. The molecule has 7 heteroatoms. The first-order valence-electron chi connectivity index (χ1n) is 8.08. The highest BCUT2D eigenvalue weighted by Gasteiger charge is 2.31. The van der Waals surface area contributed by atoms with Crippen LogP contribution >= 0.6 is 0 Å². The summed E-state index contributed by atoms with van der Waals surface area (Å²) in [7, 11) is -3.68. The van der Waals surface area contributed by atoms with Crippen molar-refractivity contribution in [2.75, 3.05) is 13.1 Å². The van der Waals surface area contributed by atoms with Crippen LogP contribution in [0.15, 0.2) is 30.3 Å². The van der Waals surface area contributed by atoms with E-state index in [0.29, 0.717) is 19.5 Å². The smallest absolute Gasteiger partial charge is 0.280 e. The van der Waals surface area contributed by atoms with Crippen LogP contribution in [0.5, 0.6) is 0 Å². The second kappa shape index (κ2) is 7.90. The SMILES string of the molecule is CCN(CC)S(=O)(=O)N[C@H](Cc1ccccc1)C(=O)NC1CC1. The average Bonchev–Trinajstić information content (AvgIpc) is 3.32. The topological polar surface area (TPSA) is 78.5 Å². The fourth-order valence-electron chi connectivity index (χ4n) is 2.38. The first-order chi connectivity index (χ1) is 11.0. The molecule has 128 valence electrons. The van der Waals surface area contributed by atoms with Crippen LogP contribution in [-0.2, 0) is 21.4 Å². The lowest BCUT2D eigenvalue weighted by Gasteiger charge is -2.24. The minimum absolute atomic E-state index is 0.193. The van der Waals surface area contributed by atoms with Crippen LogP contribution in [0.25, 0.3) is 0 Å². The third-order valence-corrected chi connectivity index (χ3v) is 5.64. The zero-order chi connectivity index (χ0) is 16.9. The predicted molar refractivity (Wildman–Crippen MR) is 90.1 cm³/mol. The summed E-state index contributed by atoms with van der Waals surface area (Å²) in [5, 5.41) is 2.89. The molecule has 23 heavy (non-hydrogen) atoms. The maximum Gasteiger partial charge on any atom is 0.280 e. The van der Waals surface area contributed by atoms with Gasteiger partial charge in [0, 0.05) is 19.1 Å². The van der Waals surface area contributed by atoms with E-state index in [9.17, 15) is 13.2 Å². The van der Waals surface area contributed by atoms with Gasteiger partial charge in [-0.05, 0) is 24.8 Å². The Labute approximate surface area is 138 Å². The molecule has 1 aromatic rings. The number of amides is 1. The summed E-state index contributed by atoms with van der Waals surface area (Å²) in [5.74, 6) is -0.257. The van der Waals surface area contributed by atoms with Gasteiger partial charge in [-0.15, -0.1) is 0 Å². The van der Waals surface area contributed by atoms with Crippen molar-refractivity contribution in [2.45, 2.75) is 45.2 Å². The van der Waals surface area contributed by atoms with Gasteiger partial charge in [0.15, 0.2) is 0 Å². The molecule has 1 aromatic carbocycles. The van der Waals surface area contributed by atoms with Gasteiger partial charge < -0.3 is 5.32 Å². The molecule has 1 saturated carbocycles. The predicted octanol–water partition coefficient (Wildman–Crippen LogP) is 1.05. The summed E-state index contributed by atoms with van der Waals surface area (Å²) in [6.07, 6.45) is 2.26. The molecule has 2 N–H and O–H groups in total. The van der Waals surface area contributed by atoms with Gasteiger partial charge in [-0.1, -0.05) is 44.2 Å². The molecule has 2 rings (SSSR count). The maximum absolute atomic E-state index is 12.4. The van der Waals surface area contributed by atoms with Gasteiger partial charge in [0.25, 0.3) is 10.2 Å². The Morgan fingerprint density at radius 1 is 1.22 bits per heavy atom. The van der Waals surface area contributed by atoms with Gasteiger partial charge in [0.05, 0.1) is 0 Å². The van der Waals surface area contributed by atoms with Crippen molar-refractivity contribution >= 4 is 16.1 Å². The average molecular weight is 339 g/mol. The molecule has 0 saturated heterocycles. The van der Waals surface area contributed by atoms with Gasteiger partial charge >= 0.3 is 0 Å². The molecule has 0 aliphatic heterocycles. The quantitative estimate of drug-likeness (QED) is 0.706. The van der Waals surface area contributed by atoms with E-state index < -0.39 is 16.3 Å². The molecule has 1 aliphatic carbocycles. The Morgan fingerprint density at radius 3 is 2.35 bits per heavy atom. The summed E-state index contributed by atoms with van der Waals surface area (Å²) in [5.41, 5.74) is 0.922. The zero-order valence-electron chi connectivity index (χ0n) is 13.7. The van der Waals surface area contributed by atoms with E-state index in [0.717, 1.165) is 18.4 Å². The van der Waals surface area contributed by atoms with Crippen LogP contribution in [0.3, 0.4) is 0 Å². The third kappa shape index (κ3) is 5.30. The molecule has 0 bridgehead atoms.